The lowest BCUT2D eigenvalue weighted by Crippen LogP contribution is -2.32. The highest BCUT2D eigenvalue weighted by molar-refractivity contribution is 5.98. The Kier molecular flexibility index (Phi) is 6.21. The number of nitrogens with zero attached hydrogens (tertiary/aromatic N) is 5. The summed E-state index contributed by atoms with van der Waals surface area (Å²) in [5, 5.41) is 15.3. The van der Waals surface area contributed by atoms with Crippen LogP contribution in [0, 0.1) is 0 Å². The van der Waals surface area contributed by atoms with Crippen molar-refractivity contribution in [2.45, 2.75) is 13.1 Å². The summed E-state index contributed by atoms with van der Waals surface area (Å²) in [6, 6.07) is 14.7. The van der Waals surface area contributed by atoms with Gasteiger partial charge in [0.25, 0.3) is 0 Å². The van der Waals surface area contributed by atoms with Gasteiger partial charge in [0.05, 0.1) is 19.0 Å². The van der Waals surface area contributed by atoms with Gasteiger partial charge in [0.1, 0.15) is 17.8 Å². The molecule has 2 aromatic heterocycles. The van der Waals surface area contributed by atoms with Gasteiger partial charge < -0.3 is 20.5 Å². The van der Waals surface area contributed by atoms with Crippen molar-refractivity contribution < 1.29 is 14.6 Å². The summed E-state index contributed by atoms with van der Waals surface area (Å²) in [6.07, 6.45) is 2.69. The summed E-state index contributed by atoms with van der Waals surface area (Å²) >= 11 is 0. The number of ether oxygens (including phenoxy) is 1. The first-order chi connectivity index (χ1) is 16.0. The van der Waals surface area contributed by atoms with Crippen LogP contribution >= 0.6 is 0 Å². The van der Waals surface area contributed by atoms with E-state index in [0.717, 1.165) is 5.56 Å². The van der Waals surface area contributed by atoms with Crippen molar-refractivity contribution in [1.82, 2.24) is 24.6 Å². The van der Waals surface area contributed by atoms with E-state index in [0.29, 0.717) is 47.7 Å². The number of nitrogens with two attached hydrogens (primary N) is 1. The maximum absolute atomic E-state index is 12.5. The van der Waals surface area contributed by atoms with Gasteiger partial charge >= 0.3 is 0 Å². The lowest BCUT2D eigenvalue weighted by Gasteiger charge is -2.21. The number of anilines is 1. The number of phenolic OH excluding ortho intramolecular Hbond substituents is 1. The van der Waals surface area contributed by atoms with Crippen LogP contribution in [0.3, 0.4) is 0 Å². The monoisotopic (exact) mass is 444 g/mol. The summed E-state index contributed by atoms with van der Waals surface area (Å²) in [4.78, 5) is 22.7. The number of phenols is 1. The van der Waals surface area contributed by atoms with E-state index in [1.165, 1.54) is 25.6 Å². The van der Waals surface area contributed by atoms with E-state index < -0.39 is 0 Å². The Hall–Kier alpha value is -4.40. The van der Waals surface area contributed by atoms with Gasteiger partial charge in [-0.2, -0.15) is 5.10 Å². The van der Waals surface area contributed by atoms with E-state index in [2.05, 4.69) is 16.5 Å². The smallest absolute Gasteiger partial charge is 0.246 e. The summed E-state index contributed by atoms with van der Waals surface area (Å²) in [6.45, 7) is 4.84. The van der Waals surface area contributed by atoms with Crippen LogP contribution in [0.15, 0.2) is 67.5 Å². The molecule has 0 aliphatic rings. The molecule has 2 heterocycles. The Balaban J connectivity index is 1.69. The van der Waals surface area contributed by atoms with E-state index in [1.54, 1.807) is 21.7 Å². The van der Waals surface area contributed by atoms with Crippen LogP contribution < -0.4 is 10.5 Å². The summed E-state index contributed by atoms with van der Waals surface area (Å²) in [5.41, 5.74) is 8.99. The molecule has 0 saturated heterocycles. The number of fused-ring (bicyclic) bond motifs is 1. The molecule has 0 aliphatic heterocycles. The number of benzene rings is 2. The minimum atomic E-state index is -0.173. The molecule has 0 saturated carbocycles. The number of hydrogen-bond acceptors (Lipinski definition) is 7. The largest absolute Gasteiger partial charge is 0.504 e. The molecule has 0 bridgehead atoms. The molecule has 1 amide bonds. The SMILES string of the molecule is C=CC(=O)N(CCn1nc(-c2ccc(O)c(OC)c2)c2c(N)ncnc21)Cc1ccccc1. The predicted molar refractivity (Wildman–Crippen MR) is 125 cm³/mol. The molecule has 0 aliphatic carbocycles. The number of hydrogen-bond donors (Lipinski definition) is 2. The molecule has 9 nitrogen and oxygen atoms in total. The fraction of sp³-hybridized carbons (Fsp3) is 0.167. The van der Waals surface area contributed by atoms with Crippen LogP contribution in [0.25, 0.3) is 22.3 Å². The maximum Gasteiger partial charge on any atom is 0.246 e. The van der Waals surface area contributed by atoms with E-state index in [1.807, 2.05) is 30.3 Å². The van der Waals surface area contributed by atoms with Crippen LogP contribution in [0.1, 0.15) is 5.56 Å². The topological polar surface area (TPSA) is 119 Å². The van der Waals surface area contributed by atoms with Crippen LogP contribution in [-0.2, 0) is 17.9 Å². The van der Waals surface area contributed by atoms with Crippen molar-refractivity contribution in [1.29, 1.82) is 0 Å². The minimum Gasteiger partial charge on any atom is -0.504 e. The highest BCUT2D eigenvalue weighted by Crippen LogP contribution is 2.35. The third kappa shape index (κ3) is 4.47. The molecule has 4 rings (SSSR count). The van der Waals surface area contributed by atoms with Gasteiger partial charge in [0.2, 0.25) is 5.91 Å². The van der Waals surface area contributed by atoms with Crippen LogP contribution in [0.5, 0.6) is 11.5 Å². The molecular formula is C24H24N6O3. The van der Waals surface area contributed by atoms with E-state index in [-0.39, 0.29) is 17.5 Å². The molecule has 4 aromatic rings. The summed E-state index contributed by atoms with van der Waals surface area (Å²) < 4.78 is 6.93. The fourth-order valence-electron chi connectivity index (χ4n) is 3.63. The van der Waals surface area contributed by atoms with E-state index >= 15 is 0 Å². The predicted octanol–water partition coefficient (Wildman–Crippen LogP) is 3.00. The first-order valence-electron chi connectivity index (χ1n) is 10.3. The molecule has 168 valence electrons. The zero-order valence-corrected chi connectivity index (χ0v) is 18.2. The van der Waals surface area contributed by atoms with Crippen molar-refractivity contribution in [3.05, 3.63) is 73.1 Å². The summed E-state index contributed by atoms with van der Waals surface area (Å²) in [5.74, 6) is 0.453. The van der Waals surface area contributed by atoms with Crippen LogP contribution in [-0.4, -0.2) is 49.3 Å². The number of aromatic nitrogens is 4. The molecule has 0 atom stereocenters. The van der Waals surface area contributed by atoms with Gasteiger partial charge in [-0.05, 0) is 29.8 Å². The quantitative estimate of drug-likeness (QED) is 0.401. The lowest BCUT2D eigenvalue weighted by atomic mass is 10.1. The van der Waals surface area contributed by atoms with Crippen molar-refractivity contribution >= 4 is 22.8 Å². The molecule has 0 spiro atoms. The Morgan fingerprint density at radius 2 is 2.03 bits per heavy atom. The summed E-state index contributed by atoms with van der Waals surface area (Å²) in [7, 11) is 1.48. The third-order valence-corrected chi connectivity index (χ3v) is 5.30. The van der Waals surface area contributed by atoms with Gasteiger partial charge in [-0.25, -0.2) is 14.6 Å². The molecule has 9 heteroatoms. The highest BCUT2D eigenvalue weighted by Gasteiger charge is 2.19. The molecule has 2 aromatic carbocycles. The van der Waals surface area contributed by atoms with Gasteiger partial charge in [0, 0.05) is 18.7 Å². The number of amides is 1. The van der Waals surface area contributed by atoms with Crippen LogP contribution in [0.4, 0.5) is 5.82 Å². The minimum absolute atomic E-state index is 0.0219. The Labute approximate surface area is 190 Å². The van der Waals surface area contributed by atoms with Crippen molar-refractivity contribution in [2.24, 2.45) is 0 Å². The first-order valence-corrected chi connectivity index (χ1v) is 10.3. The standard InChI is InChI=1S/C24H24N6O3/c1-3-20(32)29(14-16-7-5-4-6-8-16)11-12-30-24-21(23(25)26-15-27-24)22(28-30)17-9-10-18(31)19(13-17)33-2/h3-10,13,15,31H,1,11-12,14H2,2H3,(H2,25,26,27). The second-order valence-corrected chi connectivity index (χ2v) is 7.37. The van der Waals surface area contributed by atoms with Gasteiger partial charge in [-0.15, -0.1) is 0 Å². The molecule has 0 unspecified atom stereocenters. The second kappa shape index (κ2) is 9.39. The number of nitrogen functional groups attached to an aromatic ring is 1. The highest BCUT2D eigenvalue weighted by atomic mass is 16.5. The van der Waals surface area contributed by atoms with Crippen molar-refractivity contribution in [3.8, 4) is 22.8 Å². The third-order valence-electron chi connectivity index (χ3n) is 5.30. The van der Waals surface area contributed by atoms with Gasteiger partial charge in [-0.1, -0.05) is 36.9 Å². The lowest BCUT2D eigenvalue weighted by molar-refractivity contribution is -0.126. The van der Waals surface area contributed by atoms with E-state index in [4.69, 9.17) is 15.6 Å². The number of aromatic hydroxyl groups is 1. The molecule has 3 N–H and O–H groups in total. The number of carbonyl (C=O) groups is 1. The second-order valence-electron chi connectivity index (χ2n) is 7.37. The van der Waals surface area contributed by atoms with Crippen LogP contribution in [0.2, 0.25) is 0 Å². The van der Waals surface area contributed by atoms with Crippen molar-refractivity contribution in [2.75, 3.05) is 19.4 Å². The number of rotatable bonds is 8. The fourth-order valence-corrected chi connectivity index (χ4v) is 3.63. The first kappa shape index (κ1) is 21.8. The normalized spacial score (nSPS) is 10.8. The molecular weight excluding hydrogens is 420 g/mol. The Morgan fingerprint density at radius 1 is 1.24 bits per heavy atom. The Morgan fingerprint density at radius 3 is 2.76 bits per heavy atom. The maximum atomic E-state index is 12.5. The van der Waals surface area contributed by atoms with E-state index in [9.17, 15) is 9.90 Å². The molecule has 0 radical (unpaired) electrons. The molecule has 33 heavy (non-hydrogen) atoms. The number of carbonyl (C=O) groups excluding carboxylic acids is 1. The Bertz CT molecular complexity index is 1300. The zero-order valence-electron chi connectivity index (χ0n) is 18.2. The van der Waals surface area contributed by atoms with Gasteiger partial charge in [-0.3, -0.25) is 4.79 Å². The molecule has 0 fully saturated rings. The van der Waals surface area contributed by atoms with Gasteiger partial charge in [0.15, 0.2) is 17.1 Å². The van der Waals surface area contributed by atoms with Crippen molar-refractivity contribution in [3.63, 3.8) is 0 Å². The zero-order chi connectivity index (χ0) is 23.4. The number of methoxy groups -OCH3 is 1. The average Bonchev–Trinajstić information content (AvgIpc) is 3.22. The average molecular weight is 444 g/mol.